The number of rotatable bonds is 5. The van der Waals surface area contributed by atoms with Gasteiger partial charge in [-0.3, -0.25) is 0 Å². The maximum atomic E-state index is 6.59. The van der Waals surface area contributed by atoms with Crippen LogP contribution in [-0.4, -0.2) is 11.3 Å². The van der Waals surface area contributed by atoms with Gasteiger partial charge in [0.2, 0.25) is 0 Å². The van der Waals surface area contributed by atoms with E-state index in [0.29, 0.717) is 0 Å². The summed E-state index contributed by atoms with van der Waals surface area (Å²) in [6.07, 6.45) is 1.93. The summed E-state index contributed by atoms with van der Waals surface area (Å²) in [5.74, 6) is 0. The van der Waals surface area contributed by atoms with E-state index in [2.05, 4.69) is 247 Å². The van der Waals surface area contributed by atoms with Crippen molar-refractivity contribution < 1.29 is 4.42 Å². The highest BCUT2D eigenvalue weighted by Crippen LogP contribution is 2.50. The summed E-state index contributed by atoms with van der Waals surface area (Å²) in [6.45, 7) is 45.8. The molecular weight excluding hydrogens is 946 g/mol. The van der Waals surface area contributed by atoms with Gasteiger partial charge in [0.05, 0.1) is 28.1 Å². The molecular formula is C73H74BN3O. The first-order chi connectivity index (χ1) is 36.8. The Balaban J connectivity index is 1.23. The van der Waals surface area contributed by atoms with Gasteiger partial charge in [-0.1, -0.05) is 154 Å². The predicted molar refractivity (Wildman–Crippen MR) is 338 cm³/mol. The summed E-state index contributed by atoms with van der Waals surface area (Å²) in [5.41, 5.74) is 30.9. The number of hydrogen-bond acceptors (Lipinski definition) is 3. The molecule has 5 heteroatoms. The second-order valence-electron chi connectivity index (χ2n) is 26.0. The molecule has 8 aromatic carbocycles. The lowest BCUT2D eigenvalue weighted by atomic mass is 9.33. The highest BCUT2D eigenvalue weighted by atomic mass is 16.3. The average molecular weight is 1020 g/mol. The average Bonchev–Trinajstić information content (AvgIpc) is 2.29. The second-order valence-corrected chi connectivity index (χ2v) is 26.0. The predicted octanol–water partition coefficient (Wildman–Crippen LogP) is 16.5. The van der Waals surface area contributed by atoms with Gasteiger partial charge in [-0.25, -0.2) is 0 Å². The van der Waals surface area contributed by atoms with Gasteiger partial charge in [-0.05, 0) is 197 Å². The number of anilines is 6. The van der Waals surface area contributed by atoms with Crippen molar-refractivity contribution in [2.75, 3.05) is 9.80 Å². The number of furan rings is 1. The van der Waals surface area contributed by atoms with Crippen molar-refractivity contribution in [2.45, 2.75) is 127 Å². The molecule has 78 heavy (non-hydrogen) atoms. The number of allylic oxidation sites excluding steroid dienone is 1. The molecule has 0 fully saturated rings. The molecule has 0 bridgehead atoms. The second kappa shape index (κ2) is 17.6. The number of hydrogen-bond donors (Lipinski definition) is 0. The van der Waals surface area contributed by atoms with Gasteiger partial charge < -0.3 is 18.8 Å². The summed E-state index contributed by atoms with van der Waals surface area (Å²) in [4.78, 5) is 5.28. The zero-order valence-corrected chi connectivity index (χ0v) is 48.9. The summed E-state index contributed by atoms with van der Waals surface area (Å²) in [5, 5.41) is 4.42. The van der Waals surface area contributed by atoms with Crippen molar-refractivity contribution in [3.8, 4) is 5.69 Å². The molecule has 0 amide bonds. The number of nitrogens with zero attached hydrogens (tertiary/aromatic N) is 3. The summed E-state index contributed by atoms with van der Waals surface area (Å²) < 4.78 is 9.15. The summed E-state index contributed by atoms with van der Waals surface area (Å²) in [6, 6.07) is 49.1. The van der Waals surface area contributed by atoms with E-state index < -0.39 is 0 Å². The van der Waals surface area contributed by atoms with E-state index in [1.54, 1.807) is 0 Å². The number of fused-ring (bicyclic) bond motifs is 8. The first-order valence-corrected chi connectivity index (χ1v) is 28.0. The van der Waals surface area contributed by atoms with Crippen LogP contribution in [0.15, 0.2) is 144 Å². The van der Waals surface area contributed by atoms with E-state index in [0.717, 1.165) is 43.9 Å². The van der Waals surface area contributed by atoms with Crippen LogP contribution in [0.25, 0.3) is 50.6 Å². The van der Waals surface area contributed by atoms with Gasteiger partial charge in [0.15, 0.2) is 0 Å². The van der Waals surface area contributed by atoms with Crippen molar-refractivity contribution in [3.05, 3.63) is 212 Å². The van der Waals surface area contributed by atoms with E-state index in [9.17, 15) is 0 Å². The molecule has 2 aromatic heterocycles. The smallest absolute Gasteiger partial charge is 0.252 e. The van der Waals surface area contributed by atoms with Crippen LogP contribution in [0.1, 0.15) is 124 Å². The zero-order valence-electron chi connectivity index (χ0n) is 48.9. The fourth-order valence-electron chi connectivity index (χ4n) is 13.3. The molecule has 0 spiro atoms. The minimum Gasteiger partial charge on any atom is -0.455 e. The van der Waals surface area contributed by atoms with Crippen LogP contribution in [0.5, 0.6) is 0 Å². The van der Waals surface area contributed by atoms with Gasteiger partial charge in [0.1, 0.15) is 11.0 Å². The largest absolute Gasteiger partial charge is 0.455 e. The lowest BCUT2D eigenvalue weighted by molar-refractivity contribution is 0.573. The third-order valence-electron chi connectivity index (χ3n) is 17.2. The van der Waals surface area contributed by atoms with Crippen LogP contribution in [0.3, 0.4) is 0 Å². The van der Waals surface area contributed by atoms with Crippen LogP contribution in [0.4, 0.5) is 34.1 Å². The molecule has 2 aliphatic rings. The van der Waals surface area contributed by atoms with Crippen molar-refractivity contribution >= 4 is 102 Å². The van der Waals surface area contributed by atoms with Crippen molar-refractivity contribution in [1.29, 1.82) is 0 Å². The molecule has 0 N–H and O–H groups in total. The number of benzene rings is 8. The SMILES string of the molecule is C=C/C(c1cc(C)c(N2c3cc4c(cc3B3c5ccc(C(C)(C)C)cc5N(c5c(C)cc(C(C)(C)C)cc5C)c5cc(C)cc2c53)c2cc(C(C)(C)C)ccc2n4-c2c(C)cccc2C)c(C)c1)=c1/oc2ccccc2c1=C. The molecule has 0 unspecified atom stereocenters. The first-order valence-electron chi connectivity index (χ1n) is 28.0. The Morgan fingerprint density at radius 1 is 0.474 bits per heavy atom. The van der Waals surface area contributed by atoms with Gasteiger partial charge in [-0.15, -0.1) is 0 Å². The number of aromatic nitrogens is 1. The van der Waals surface area contributed by atoms with E-state index in [1.165, 1.54) is 123 Å². The van der Waals surface area contributed by atoms with Crippen molar-refractivity contribution in [2.24, 2.45) is 0 Å². The van der Waals surface area contributed by atoms with Gasteiger partial charge in [0, 0.05) is 49.7 Å². The lowest BCUT2D eigenvalue weighted by Crippen LogP contribution is -2.61. The maximum absolute atomic E-state index is 6.59. The third kappa shape index (κ3) is 7.77. The molecule has 0 saturated carbocycles. The van der Waals surface area contributed by atoms with Crippen LogP contribution in [-0.2, 0) is 16.2 Å². The monoisotopic (exact) mass is 1020 g/mol. The third-order valence-corrected chi connectivity index (χ3v) is 17.2. The normalized spacial score (nSPS) is 13.9. The topological polar surface area (TPSA) is 24.6 Å². The summed E-state index contributed by atoms with van der Waals surface area (Å²) >= 11 is 0. The van der Waals surface area contributed by atoms with Gasteiger partial charge >= 0.3 is 0 Å². The zero-order chi connectivity index (χ0) is 55.4. The summed E-state index contributed by atoms with van der Waals surface area (Å²) in [7, 11) is 0. The molecule has 4 nitrogen and oxygen atoms in total. The minimum atomic E-state index is -0.0745. The minimum absolute atomic E-state index is 0.00230. The highest BCUT2D eigenvalue weighted by molar-refractivity contribution is 7.00. The molecule has 0 radical (unpaired) electrons. The standard InChI is InChI=1S/C73H74BN3O/c1-19-53(70-48(9)54-25-20-21-26-65(54)78-70)49-33-44(5)68(45(6)34-49)77-62-40-60-56(55-37-50(71(10,11)12)28-30-59(55)75(60)67-42(3)23-22-24-43(67)4)39-58(62)74-57-29-27-51(72(13,14)15)38-61(57)76(63-31-41(2)32-64(77)66(63)74)69-46(7)35-52(36-47(69)8)73(16,17)18/h19-40H,1,9H2,2-8,10-18H3/b70-53-. The van der Waals surface area contributed by atoms with Crippen LogP contribution in [0.2, 0.25) is 0 Å². The van der Waals surface area contributed by atoms with E-state index in [-0.39, 0.29) is 23.0 Å². The van der Waals surface area contributed by atoms with Crippen LogP contribution >= 0.6 is 0 Å². The highest BCUT2D eigenvalue weighted by Gasteiger charge is 2.45. The van der Waals surface area contributed by atoms with Crippen molar-refractivity contribution in [1.82, 2.24) is 4.57 Å². The Bertz CT molecular complexity index is 4280. The van der Waals surface area contributed by atoms with E-state index >= 15 is 0 Å². The van der Waals surface area contributed by atoms with Crippen molar-refractivity contribution in [3.63, 3.8) is 0 Å². The lowest BCUT2D eigenvalue weighted by Gasteiger charge is -2.46. The van der Waals surface area contributed by atoms with Crippen LogP contribution < -0.4 is 36.8 Å². The molecule has 4 heterocycles. The molecule has 0 atom stereocenters. The van der Waals surface area contributed by atoms with E-state index in [4.69, 9.17) is 4.42 Å². The van der Waals surface area contributed by atoms with Gasteiger partial charge in [0.25, 0.3) is 6.71 Å². The number of para-hydroxylation sites is 2. The van der Waals surface area contributed by atoms with E-state index in [1.807, 2.05) is 24.3 Å². The van der Waals surface area contributed by atoms with Gasteiger partial charge in [-0.2, -0.15) is 0 Å². The fraction of sp³-hybridized carbons (Fsp3) is 0.260. The maximum Gasteiger partial charge on any atom is 0.252 e. The Morgan fingerprint density at radius 2 is 1.01 bits per heavy atom. The Kier molecular flexibility index (Phi) is 11.5. The Morgan fingerprint density at radius 3 is 1.59 bits per heavy atom. The van der Waals surface area contributed by atoms with Crippen LogP contribution in [0, 0.1) is 48.5 Å². The fourth-order valence-corrected chi connectivity index (χ4v) is 13.3. The quantitative estimate of drug-likeness (QED) is 0.161. The molecule has 390 valence electrons. The number of aryl methyl sites for hydroxylation is 7. The first kappa shape index (κ1) is 51.0. The molecule has 0 saturated heterocycles. The Hall–Kier alpha value is -7.76. The molecule has 2 aliphatic heterocycles. The Labute approximate surface area is 463 Å². The molecule has 12 rings (SSSR count). The molecule has 0 aliphatic carbocycles. The molecule has 10 aromatic rings.